The molecule has 4 aromatic rings. The van der Waals surface area contributed by atoms with Gasteiger partial charge in [-0.2, -0.15) is 9.78 Å². The number of fused-ring (bicyclic) bond motifs is 1. The average molecular weight is 373 g/mol. The van der Waals surface area contributed by atoms with Gasteiger partial charge in [0.2, 0.25) is 5.88 Å². The lowest BCUT2D eigenvalue weighted by Gasteiger charge is -2.11. The van der Waals surface area contributed by atoms with Crippen LogP contribution in [-0.4, -0.2) is 30.3 Å². The van der Waals surface area contributed by atoms with Gasteiger partial charge < -0.3 is 4.74 Å². The van der Waals surface area contributed by atoms with Crippen molar-refractivity contribution < 1.29 is 4.74 Å². The zero-order chi connectivity index (χ0) is 19.3. The van der Waals surface area contributed by atoms with E-state index in [9.17, 15) is 4.79 Å². The van der Waals surface area contributed by atoms with Gasteiger partial charge in [0.1, 0.15) is 6.10 Å². The number of hydrogen-bond acceptors (Lipinski definition) is 5. The maximum atomic E-state index is 13.1. The van der Waals surface area contributed by atoms with Crippen molar-refractivity contribution in [2.24, 2.45) is 0 Å². The third-order valence-corrected chi connectivity index (χ3v) is 5.07. The minimum atomic E-state index is -0.249. The first-order valence-electron chi connectivity index (χ1n) is 9.28. The molecule has 0 aromatic carbocycles. The summed E-state index contributed by atoms with van der Waals surface area (Å²) in [4.78, 5) is 21.7. The number of rotatable bonds is 4. The van der Waals surface area contributed by atoms with E-state index in [1.165, 1.54) is 4.68 Å². The monoisotopic (exact) mass is 373 g/mol. The van der Waals surface area contributed by atoms with Gasteiger partial charge in [0.25, 0.3) is 0 Å². The smallest absolute Gasteiger partial charge is 0.355 e. The van der Waals surface area contributed by atoms with Crippen LogP contribution in [0.4, 0.5) is 0 Å². The quantitative estimate of drug-likeness (QED) is 0.549. The normalized spacial score (nSPS) is 13.8. The van der Waals surface area contributed by atoms with Crippen LogP contribution < -0.4 is 10.4 Å². The van der Waals surface area contributed by atoms with Gasteiger partial charge in [0.05, 0.1) is 11.7 Å². The Morgan fingerprint density at radius 2 is 1.93 bits per heavy atom. The lowest BCUT2D eigenvalue weighted by Crippen LogP contribution is -2.28. The van der Waals surface area contributed by atoms with Gasteiger partial charge in [0.15, 0.2) is 5.82 Å². The summed E-state index contributed by atoms with van der Waals surface area (Å²) < 4.78 is 8.90. The molecule has 0 aliphatic heterocycles. The second-order valence-corrected chi connectivity index (χ2v) is 7.04. The van der Waals surface area contributed by atoms with Crippen LogP contribution in [0.25, 0.3) is 22.5 Å². The minimum absolute atomic E-state index is 0.249. The Morgan fingerprint density at radius 3 is 2.68 bits per heavy atom. The van der Waals surface area contributed by atoms with Gasteiger partial charge in [-0.25, -0.2) is 14.8 Å². The molecule has 0 bridgehead atoms. The highest BCUT2D eigenvalue weighted by Gasteiger charge is 2.25. The van der Waals surface area contributed by atoms with Crippen molar-refractivity contribution >= 4 is 5.52 Å². The summed E-state index contributed by atoms with van der Waals surface area (Å²) in [7, 11) is 0. The van der Waals surface area contributed by atoms with Crippen molar-refractivity contribution in [2.75, 3.05) is 0 Å². The van der Waals surface area contributed by atoms with Crippen LogP contribution in [0.2, 0.25) is 0 Å². The number of aryl methyl sites for hydroxylation is 1. The Bertz CT molecular complexity index is 1240. The van der Waals surface area contributed by atoms with Crippen molar-refractivity contribution in [3.63, 3.8) is 0 Å². The van der Waals surface area contributed by atoms with E-state index in [-0.39, 0.29) is 11.8 Å². The molecule has 1 aliphatic carbocycles. The lowest BCUT2D eigenvalue weighted by atomic mass is 10.0. The van der Waals surface area contributed by atoms with Crippen molar-refractivity contribution in [1.29, 1.82) is 0 Å². The molecule has 140 valence electrons. The van der Waals surface area contributed by atoms with Gasteiger partial charge in [-0.1, -0.05) is 6.07 Å². The molecule has 4 heterocycles. The summed E-state index contributed by atoms with van der Waals surface area (Å²) in [5.41, 5.74) is 4.30. The molecule has 28 heavy (non-hydrogen) atoms. The van der Waals surface area contributed by atoms with E-state index in [1.807, 2.05) is 32.0 Å². The molecule has 0 unspecified atom stereocenters. The van der Waals surface area contributed by atoms with Crippen LogP contribution in [0.5, 0.6) is 5.88 Å². The molecule has 7 heteroatoms. The number of nitrogens with zero attached hydrogens (tertiary/aromatic N) is 5. The average Bonchev–Trinajstić information content (AvgIpc) is 3.46. The predicted molar refractivity (Wildman–Crippen MR) is 105 cm³/mol. The molecule has 0 spiro atoms. The minimum Gasteiger partial charge on any atom is -0.474 e. The highest BCUT2D eigenvalue weighted by molar-refractivity contribution is 5.76. The van der Waals surface area contributed by atoms with Gasteiger partial charge in [-0.3, -0.25) is 4.40 Å². The maximum absolute atomic E-state index is 13.1. The van der Waals surface area contributed by atoms with Crippen LogP contribution in [0.3, 0.4) is 0 Å². The fourth-order valence-electron chi connectivity index (χ4n) is 3.42. The van der Waals surface area contributed by atoms with Crippen LogP contribution >= 0.6 is 0 Å². The first-order chi connectivity index (χ1) is 13.6. The molecule has 0 N–H and O–H groups in total. The van der Waals surface area contributed by atoms with E-state index in [1.54, 1.807) is 35.1 Å². The summed E-state index contributed by atoms with van der Waals surface area (Å²) >= 11 is 0. The molecule has 7 nitrogen and oxygen atoms in total. The molecule has 0 saturated heterocycles. The fourth-order valence-corrected chi connectivity index (χ4v) is 3.42. The van der Waals surface area contributed by atoms with Crippen molar-refractivity contribution in [3.8, 4) is 22.8 Å². The highest BCUT2D eigenvalue weighted by atomic mass is 16.5. The number of ether oxygens (including phenoxy) is 1. The maximum Gasteiger partial charge on any atom is 0.355 e. The van der Waals surface area contributed by atoms with E-state index in [2.05, 4.69) is 15.1 Å². The SMILES string of the molecule is Cc1c(-c2cc3cnn(-c4ccccn4)c(=O)n3c2C)ccnc1OC1CC1. The van der Waals surface area contributed by atoms with Gasteiger partial charge in [-0.15, -0.1) is 0 Å². The second-order valence-electron chi connectivity index (χ2n) is 7.04. The van der Waals surface area contributed by atoms with Crippen molar-refractivity contribution in [3.05, 3.63) is 70.7 Å². The summed E-state index contributed by atoms with van der Waals surface area (Å²) in [6.07, 6.45) is 7.53. The highest BCUT2D eigenvalue weighted by Crippen LogP contribution is 2.34. The third kappa shape index (κ3) is 2.67. The molecule has 1 aliphatic rings. The van der Waals surface area contributed by atoms with Crippen LogP contribution in [0.15, 0.2) is 53.7 Å². The summed E-state index contributed by atoms with van der Waals surface area (Å²) in [6, 6.07) is 9.34. The van der Waals surface area contributed by atoms with Gasteiger partial charge >= 0.3 is 5.69 Å². The summed E-state index contributed by atoms with van der Waals surface area (Å²) in [6.45, 7) is 3.94. The predicted octanol–water partition coefficient (Wildman–Crippen LogP) is 3.10. The van der Waals surface area contributed by atoms with Gasteiger partial charge in [-0.05, 0) is 56.5 Å². The lowest BCUT2D eigenvalue weighted by molar-refractivity contribution is 0.289. The Balaban J connectivity index is 1.67. The molecule has 0 radical (unpaired) electrons. The zero-order valence-corrected chi connectivity index (χ0v) is 15.7. The van der Waals surface area contributed by atoms with Crippen molar-refractivity contribution in [1.82, 2.24) is 24.1 Å². The van der Waals surface area contributed by atoms with Gasteiger partial charge in [0, 0.05) is 29.2 Å². The molecular weight excluding hydrogens is 354 g/mol. The zero-order valence-electron chi connectivity index (χ0n) is 15.7. The standard InChI is InChI=1S/C21H19N5O2/c1-13-17(8-10-23-20(13)28-16-6-7-16)18-11-15-12-24-26(19-5-3-4-9-22-19)21(27)25(15)14(18)2/h3-5,8-12,16H,6-7H2,1-2H3. The van der Waals surface area contributed by atoms with E-state index >= 15 is 0 Å². The Kier molecular flexibility index (Phi) is 3.75. The van der Waals surface area contributed by atoms with Crippen LogP contribution in [0, 0.1) is 13.8 Å². The number of pyridine rings is 2. The van der Waals surface area contributed by atoms with E-state index in [4.69, 9.17) is 4.74 Å². The van der Waals surface area contributed by atoms with E-state index in [0.29, 0.717) is 11.7 Å². The number of hydrogen-bond donors (Lipinski definition) is 0. The topological polar surface area (TPSA) is 74.3 Å². The first kappa shape index (κ1) is 16.7. The first-order valence-corrected chi connectivity index (χ1v) is 9.28. The fraction of sp³-hybridized carbons (Fsp3) is 0.238. The largest absolute Gasteiger partial charge is 0.474 e. The van der Waals surface area contributed by atoms with Crippen LogP contribution in [-0.2, 0) is 0 Å². The van der Waals surface area contributed by atoms with Crippen LogP contribution in [0.1, 0.15) is 24.1 Å². The Hall–Kier alpha value is -3.48. The summed E-state index contributed by atoms with van der Waals surface area (Å²) in [5.74, 6) is 1.16. The van der Waals surface area contributed by atoms with E-state index < -0.39 is 0 Å². The van der Waals surface area contributed by atoms with Crippen molar-refractivity contribution in [2.45, 2.75) is 32.8 Å². The molecule has 1 saturated carbocycles. The summed E-state index contributed by atoms with van der Waals surface area (Å²) in [5, 5.41) is 4.30. The number of aromatic nitrogens is 5. The molecule has 4 aromatic heterocycles. The third-order valence-electron chi connectivity index (χ3n) is 5.07. The molecular formula is C21H19N5O2. The Labute approximate surface area is 161 Å². The Morgan fingerprint density at radius 1 is 1.07 bits per heavy atom. The molecule has 0 amide bonds. The second kappa shape index (κ2) is 6.30. The molecule has 1 fully saturated rings. The van der Waals surface area contributed by atoms with E-state index in [0.717, 1.165) is 40.7 Å². The molecule has 5 rings (SSSR count). The molecule has 0 atom stereocenters.